The van der Waals surface area contributed by atoms with Gasteiger partial charge in [0.2, 0.25) is 0 Å². The van der Waals surface area contributed by atoms with Crippen LogP contribution >= 0.6 is 23.2 Å². The summed E-state index contributed by atoms with van der Waals surface area (Å²) in [6.07, 6.45) is 0.758. The van der Waals surface area contributed by atoms with Gasteiger partial charge in [0.25, 0.3) is 11.8 Å². The first-order valence-electron chi connectivity index (χ1n) is 9.31. The summed E-state index contributed by atoms with van der Waals surface area (Å²) in [6, 6.07) is 17.3. The van der Waals surface area contributed by atoms with Gasteiger partial charge in [0.1, 0.15) is 5.75 Å². The minimum Gasteiger partial charge on any atom is -0.497 e. The summed E-state index contributed by atoms with van der Waals surface area (Å²) in [5.74, 6) is 0.252. The summed E-state index contributed by atoms with van der Waals surface area (Å²) in [7, 11) is 1.58. The zero-order valence-corrected chi connectivity index (χ0v) is 17.6. The van der Waals surface area contributed by atoms with Crippen molar-refractivity contribution in [2.24, 2.45) is 0 Å². The van der Waals surface area contributed by atoms with Gasteiger partial charge in [-0.1, -0.05) is 29.3 Å². The fourth-order valence-electron chi connectivity index (χ4n) is 3.43. The van der Waals surface area contributed by atoms with Crippen molar-refractivity contribution in [3.8, 4) is 5.75 Å². The van der Waals surface area contributed by atoms with Gasteiger partial charge in [-0.25, -0.2) is 0 Å². The molecule has 0 fully saturated rings. The Morgan fingerprint density at radius 1 is 1.00 bits per heavy atom. The van der Waals surface area contributed by atoms with Crippen LogP contribution in [0.2, 0.25) is 10.0 Å². The molecule has 0 bridgehead atoms. The zero-order chi connectivity index (χ0) is 21.3. The smallest absolute Gasteiger partial charge is 0.258 e. The minimum atomic E-state index is -0.345. The molecule has 5 nitrogen and oxygen atoms in total. The molecule has 0 unspecified atom stereocenters. The van der Waals surface area contributed by atoms with E-state index in [2.05, 4.69) is 5.32 Å². The lowest BCUT2D eigenvalue weighted by atomic mass is 10.1. The Balaban J connectivity index is 1.56. The molecule has 1 aliphatic heterocycles. The van der Waals surface area contributed by atoms with Crippen LogP contribution in [0.5, 0.6) is 5.75 Å². The van der Waals surface area contributed by atoms with Crippen molar-refractivity contribution in [3.63, 3.8) is 0 Å². The van der Waals surface area contributed by atoms with Gasteiger partial charge in [0.15, 0.2) is 0 Å². The van der Waals surface area contributed by atoms with E-state index in [1.807, 2.05) is 18.2 Å². The largest absolute Gasteiger partial charge is 0.497 e. The number of benzene rings is 3. The van der Waals surface area contributed by atoms with Crippen molar-refractivity contribution in [3.05, 3.63) is 87.4 Å². The van der Waals surface area contributed by atoms with E-state index in [1.165, 1.54) is 6.07 Å². The molecule has 3 aromatic rings. The van der Waals surface area contributed by atoms with Crippen LogP contribution in [0.25, 0.3) is 0 Å². The van der Waals surface area contributed by atoms with Crippen LogP contribution in [0, 0.1) is 0 Å². The molecule has 1 aliphatic rings. The second-order valence-corrected chi connectivity index (χ2v) is 7.70. The van der Waals surface area contributed by atoms with Crippen LogP contribution in [-0.2, 0) is 6.42 Å². The molecule has 1 heterocycles. The number of hydrogen-bond donors (Lipinski definition) is 1. The SMILES string of the molecule is COc1ccc(C(=O)N2CCc3ccc(NC(=O)c4ccc(Cl)cc4Cl)cc32)cc1. The minimum absolute atomic E-state index is 0.0966. The molecule has 0 atom stereocenters. The lowest BCUT2D eigenvalue weighted by molar-refractivity contribution is 0.0988. The van der Waals surface area contributed by atoms with Crippen molar-refractivity contribution in [1.82, 2.24) is 0 Å². The molecule has 0 saturated heterocycles. The maximum absolute atomic E-state index is 13.0. The Kier molecular flexibility index (Phi) is 5.66. The van der Waals surface area contributed by atoms with Gasteiger partial charge in [0.05, 0.1) is 17.7 Å². The van der Waals surface area contributed by atoms with Crippen molar-refractivity contribution in [2.45, 2.75) is 6.42 Å². The van der Waals surface area contributed by atoms with E-state index in [-0.39, 0.29) is 16.8 Å². The lowest BCUT2D eigenvalue weighted by Crippen LogP contribution is -2.28. The summed E-state index contributed by atoms with van der Waals surface area (Å²) in [4.78, 5) is 27.3. The van der Waals surface area contributed by atoms with E-state index in [0.29, 0.717) is 34.1 Å². The summed E-state index contributed by atoms with van der Waals surface area (Å²) in [5.41, 5.74) is 3.33. The average molecular weight is 441 g/mol. The average Bonchev–Trinajstić information content (AvgIpc) is 3.16. The number of fused-ring (bicyclic) bond motifs is 1. The van der Waals surface area contributed by atoms with E-state index in [1.54, 1.807) is 48.4 Å². The maximum atomic E-state index is 13.0. The van der Waals surface area contributed by atoms with Crippen molar-refractivity contribution < 1.29 is 14.3 Å². The predicted molar refractivity (Wildman–Crippen MR) is 119 cm³/mol. The molecule has 7 heteroatoms. The standard InChI is InChI=1S/C23H18Cl2N2O3/c1-30-18-7-3-15(4-8-18)23(29)27-11-10-14-2-6-17(13-21(14)27)26-22(28)19-9-5-16(24)12-20(19)25/h2-9,12-13H,10-11H2,1H3,(H,26,28). The number of amides is 2. The molecule has 0 aliphatic carbocycles. The number of nitrogens with zero attached hydrogens (tertiary/aromatic N) is 1. The van der Waals surface area contributed by atoms with Gasteiger partial charge in [-0.15, -0.1) is 0 Å². The molecule has 4 rings (SSSR count). The van der Waals surface area contributed by atoms with Gasteiger partial charge in [-0.3, -0.25) is 9.59 Å². The number of rotatable bonds is 4. The summed E-state index contributed by atoms with van der Waals surface area (Å²) >= 11 is 12.0. The molecule has 152 valence electrons. The third kappa shape index (κ3) is 3.99. The summed E-state index contributed by atoms with van der Waals surface area (Å²) in [5, 5.41) is 3.58. The van der Waals surface area contributed by atoms with E-state index < -0.39 is 0 Å². The van der Waals surface area contributed by atoms with Crippen LogP contribution in [0.3, 0.4) is 0 Å². The number of carbonyl (C=O) groups excluding carboxylic acids is 2. The number of anilines is 2. The van der Waals surface area contributed by atoms with Crippen LogP contribution in [-0.4, -0.2) is 25.5 Å². The predicted octanol–water partition coefficient (Wildman–Crippen LogP) is 5.46. The van der Waals surface area contributed by atoms with E-state index in [4.69, 9.17) is 27.9 Å². The monoisotopic (exact) mass is 440 g/mol. The molecule has 0 saturated carbocycles. The first kappa shape index (κ1) is 20.3. The quantitative estimate of drug-likeness (QED) is 0.585. The Morgan fingerprint density at radius 2 is 1.77 bits per heavy atom. The first-order chi connectivity index (χ1) is 14.5. The van der Waals surface area contributed by atoms with E-state index in [0.717, 1.165) is 17.7 Å². The fraction of sp³-hybridized carbons (Fsp3) is 0.130. The van der Waals surface area contributed by atoms with Crippen LogP contribution in [0.4, 0.5) is 11.4 Å². The molecule has 0 radical (unpaired) electrons. The number of nitrogens with one attached hydrogen (secondary N) is 1. The third-order valence-electron chi connectivity index (χ3n) is 5.00. The Morgan fingerprint density at radius 3 is 2.47 bits per heavy atom. The highest BCUT2D eigenvalue weighted by molar-refractivity contribution is 6.37. The normalized spacial score (nSPS) is 12.4. The fourth-order valence-corrected chi connectivity index (χ4v) is 3.92. The Labute approximate surface area is 184 Å². The number of ether oxygens (including phenoxy) is 1. The molecule has 30 heavy (non-hydrogen) atoms. The van der Waals surface area contributed by atoms with Crippen LogP contribution in [0.1, 0.15) is 26.3 Å². The molecular weight excluding hydrogens is 423 g/mol. The number of halogens is 2. The van der Waals surface area contributed by atoms with Gasteiger partial charge in [0, 0.05) is 28.5 Å². The van der Waals surface area contributed by atoms with Gasteiger partial charge in [-0.2, -0.15) is 0 Å². The van der Waals surface area contributed by atoms with Gasteiger partial charge < -0.3 is 15.0 Å². The number of hydrogen-bond acceptors (Lipinski definition) is 3. The topological polar surface area (TPSA) is 58.6 Å². The third-order valence-corrected chi connectivity index (χ3v) is 5.54. The summed E-state index contributed by atoms with van der Waals surface area (Å²) < 4.78 is 5.15. The van der Waals surface area contributed by atoms with Crippen molar-refractivity contribution in [1.29, 1.82) is 0 Å². The first-order valence-corrected chi connectivity index (χ1v) is 10.1. The van der Waals surface area contributed by atoms with Crippen LogP contribution in [0.15, 0.2) is 60.7 Å². The molecule has 0 aromatic heterocycles. The Bertz CT molecular complexity index is 1130. The maximum Gasteiger partial charge on any atom is 0.258 e. The number of methoxy groups -OCH3 is 1. The lowest BCUT2D eigenvalue weighted by Gasteiger charge is -2.18. The Hall–Kier alpha value is -3.02. The van der Waals surface area contributed by atoms with Crippen molar-refractivity contribution >= 4 is 46.4 Å². The molecule has 0 spiro atoms. The molecular formula is C23H18Cl2N2O3. The van der Waals surface area contributed by atoms with Gasteiger partial charge in [-0.05, 0) is 66.6 Å². The molecule has 2 amide bonds. The highest BCUT2D eigenvalue weighted by Gasteiger charge is 2.26. The highest BCUT2D eigenvalue weighted by Crippen LogP contribution is 2.33. The van der Waals surface area contributed by atoms with Crippen LogP contribution < -0.4 is 15.0 Å². The summed E-state index contributed by atoms with van der Waals surface area (Å²) in [6.45, 7) is 0.584. The number of carbonyl (C=O) groups is 2. The second kappa shape index (κ2) is 8.38. The van der Waals surface area contributed by atoms with Crippen molar-refractivity contribution in [2.75, 3.05) is 23.9 Å². The zero-order valence-electron chi connectivity index (χ0n) is 16.1. The molecule has 1 N–H and O–H groups in total. The van der Waals surface area contributed by atoms with E-state index >= 15 is 0 Å². The second-order valence-electron chi connectivity index (χ2n) is 6.86. The highest BCUT2D eigenvalue weighted by atomic mass is 35.5. The molecule has 3 aromatic carbocycles. The van der Waals surface area contributed by atoms with Gasteiger partial charge >= 0.3 is 0 Å². The van der Waals surface area contributed by atoms with E-state index in [9.17, 15) is 9.59 Å².